The average molecular weight is 285 g/mol. The molecule has 1 amide bonds. The predicted molar refractivity (Wildman–Crippen MR) is 78.9 cm³/mol. The van der Waals surface area contributed by atoms with Gasteiger partial charge in [-0.3, -0.25) is 4.79 Å². The third-order valence-corrected chi connectivity index (χ3v) is 3.04. The number of nitrogens with one attached hydrogen (secondary N) is 2. The molecule has 6 heteroatoms. The molecule has 0 radical (unpaired) electrons. The number of amides is 1. The van der Waals surface area contributed by atoms with Crippen molar-refractivity contribution in [1.29, 1.82) is 0 Å². The highest BCUT2D eigenvalue weighted by Gasteiger charge is 2.14. The number of anilines is 1. The van der Waals surface area contributed by atoms with Gasteiger partial charge in [-0.15, -0.1) is 0 Å². The van der Waals surface area contributed by atoms with E-state index in [1.807, 2.05) is 21.0 Å². The van der Waals surface area contributed by atoms with Gasteiger partial charge in [0.15, 0.2) is 0 Å². The van der Waals surface area contributed by atoms with Crippen LogP contribution in [-0.2, 0) is 0 Å². The lowest BCUT2D eigenvalue weighted by Crippen LogP contribution is -2.35. The van der Waals surface area contributed by atoms with E-state index in [0.717, 1.165) is 13.0 Å². The molecule has 0 bridgehead atoms. The standard InChI is InChI=1S/C13H21ClN4O/c1-9(5-6-18(3)4)17-13(19)10-7-12(15-2)16-8-11(10)14/h7-9H,5-6H2,1-4H3,(H,15,16)(H,17,19). The monoisotopic (exact) mass is 284 g/mol. The van der Waals surface area contributed by atoms with Crippen molar-refractivity contribution in [3.05, 3.63) is 22.8 Å². The van der Waals surface area contributed by atoms with Gasteiger partial charge in [-0.05, 0) is 40.1 Å². The number of carbonyl (C=O) groups is 1. The molecule has 0 spiro atoms. The number of nitrogens with zero attached hydrogens (tertiary/aromatic N) is 2. The van der Waals surface area contributed by atoms with Gasteiger partial charge < -0.3 is 15.5 Å². The van der Waals surface area contributed by atoms with E-state index in [1.54, 1.807) is 13.1 Å². The van der Waals surface area contributed by atoms with Crippen LogP contribution in [0.25, 0.3) is 0 Å². The topological polar surface area (TPSA) is 57.3 Å². The summed E-state index contributed by atoms with van der Waals surface area (Å²) in [5.41, 5.74) is 0.442. The molecule has 1 aromatic rings. The van der Waals surface area contributed by atoms with E-state index < -0.39 is 0 Å². The van der Waals surface area contributed by atoms with Crippen LogP contribution in [0.2, 0.25) is 5.02 Å². The highest BCUT2D eigenvalue weighted by molar-refractivity contribution is 6.33. The Bertz CT molecular complexity index is 437. The molecule has 0 saturated heterocycles. The molecule has 5 nitrogen and oxygen atoms in total. The second-order valence-corrected chi connectivity index (χ2v) is 5.17. The molecule has 1 rings (SSSR count). The Morgan fingerprint density at radius 3 is 2.79 bits per heavy atom. The van der Waals surface area contributed by atoms with Crippen LogP contribution in [0.1, 0.15) is 23.7 Å². The summed E-state index contributed by atoms with van der Waals surface area (Å²) in [7, 11) is 5.76. The number of rotatable bonds is 6. The molecule has 1 unspecified atom stereocenters. The van der Waals surface area contributed by atoms with Crippen LogP contribution in [0.15, 0.2) is 12.3 Å². The van der Waals surface area contributed by atoms with E-state index in [2.05, 4.69) is 20.5 Å². The molecule has 0 saturated carbocycles. The van der Waals surface area contributed by atoms with Crippen molar-refractivity contribution in [3.8, 4) is 0 Å². The van der Waals surface area contributed by atoms with Crippen molar-refractivity contribution in [3.63, 3.8) is 0 Å². The number of aromatic nitrogens is 1. The van der Waals surface area contributed by atoms with Gasteiger partial charge in [0, 0.05) is 19.3 Å². The molecule has 1 atom stereocenters. The Morgan fingerprint density at radius 2 is 2.21 bits per heavy atom. The first-order chi connectivity index (χ1) is 8.93. The van der Waals surface area contributed by atoms with E-state index >= 15 is 0 Å². The molecule has 0 aromatic carbocycles. The maximum Gasteiger partial charge on any atom is 0.253 e. The van der Waals surface area contributed by atoms with Crippen LogP contribution in [0.3, 0.4) is 0 Å². The lowest BCUT2D eigenvalue weighted by molar-refractivity contribution is 0.0937. The molecular formula is C13H21ClN4O. The minimum atomic E-state index is -0.171. The molecule has 106 valence electrons. The lowest BCUT2D eigenvalue weighted by atomic mass is 10.2. The normalized spacial score (nSPS) is 12.3. The van der Waals surface area contributed by atoms with Gasteiger partial charge in [0.2, 0.25) is 0 Å². The SMILES string of the molecule is CNc1cc(C(=O)NC(C)CCN(C)C)c(Cl)cn1. The van der Waals surface area contributed by atoms with Crippen molar-refractivity contribution in [2.45, 2.75) is 19.4 Å². The van der Waals surface area contributed by atoms with Crippen molar-refractivity contribution in [2.24, 2.45) is 0 Å². The van der Waals surface area contributed by atoms with Gasteiger partial charge in [0.05, 0.1) is 10.6 Å². The van der Waals surface area contributed by atoms with Crippen molar-refractivity contribution in [2.75, 3.05) is 33.0 Å². The second kappa shape index (κ2) is 7.31. The van der Waals surface area contributed by atoms with Crippen LogP contribution < -0.4 is 10.6 Å². The molecule has 0 aliphatic carbocycles. The van der Waals surface area contributed by atoms with E-state index in [9.17, 15) is 4.79 Å². The third kappa shape index (κ3) is 5.04. The minimum Gasteiger partial charge on any atom is -0.373 e. The van der Waals surface area contributed by atoms with Crippen LogP contribution in [0.5, 0.6) is 0 Å². The smallest absolute Gasteiger partial charge is 0.253 e. The second-order valence-electron chi connectivity index (χ2n) is 4.77. The van der Waals surface area contributed by atoms with Gasteiger partial charge in [0.1, 0.15) is 5.82 Å². The summed E-state index contributed by atoms with van der Waals surface area (Å²) in [5, 5.41) is 6.18. The van der Waals surface area contributed by atoms with Gasteiger partial charge in [-0.1, -0.05) is 11.6 Å². The summed E-state index contributed by atoms with van der Waals surface area (Å²) in [4.78, 5) is 18.3. The summed E-state index contributed by atoms with van der Waals surface area (Å²) < 4.78 is 0. The Morgan fingerprint density at radius 1 is 1.53 bits per heavy atom. The van der Waals surface area contributed by atoms with E-state index in [-0.39, 0.29) is 11.9 Å². The number of hydrogen-bond acceptors (Lipinski definition) is 4. The first-order valence-electron chi connectivity index (χ1n) is 6.23. The quantitative estimate of drug-likeness (QED) is 0.837. The van der Waals surface area contributed by atoms with Gasteiger partial charge >= 0.3 is 0 Å². The first kappa shape index (κ1) is 15.7. The number of hydrogen-bond donors (Lipinski definition) is 2. The fourth-order valence-corrected chi connectivity index (χ4v) is 1.76. The highest BCUT2D eigenvalue weighted by atomic mass is 35.5. The average Bonchev–Trinajstić information content (AvgIpc) is 2.36. The van der Waals surface area contributed by atoms with E-state index in [4.69, 9.17) is 11.6 Å². The lowest BCUT2D eigenvalue weighted by Gasteiger charge is -2.17. The Hall–Kier alpha value is -1.33. The number of carbonyl (C=O) groups excluding carboxylic acids is 1. The molecule has 1 heterocycles. The Labute approximate surface area is 119 Å². The minimum absolute atomic E-state index is 0.0946. The zero-order chi connectivity index (χ0) is 14.4. The molecule has 2 N–H and O–H groups in total. The fraction of sp³-hybridized carbons (Fsp3) is 0.538. The highest BCUT2D eigenvalue weighted by Crippen LogP contribution is 2.17. The van der Waals surface area contributed by atoms with Crippen molar-refractivity contribution in [1.82, 2.24) is 15.2 Å². The predicted octanol–water partition coefficient (Wildman–Crippen LogP) is 1.85. The van der Waals surface area contributed by atoms with Crippen LogP contribution >= 0.6 is 11.6 Å². The summed E-state index contributed by atoms with van der Waals surface area (Å²) in [6.45, 7) is 2.91. The van der Waals surface area contributed by atoms with Gasteiger partial charge in [-0.2, -0.15) is 0 Å². The van der Waals surface area contributed by atoms with Crippen LogP contribution in [-0.4, -0.2) is 49.5 Å². The first-order valence-corrected chi connectivity index (χ1v) is 6.60. The summed E-state index contributed by atoms with van der Waals surface area (Å²) in [6, 6.07) is 1.74. The number of halogens is 1. The summed E-state index contributed by atoms with van der Waals surface area (Å²) in [5.74, 6) is 0.450. The maximum absolute atomic E-state index is 12.1. The Balaban J connectivity index is 2.67. The molecule has 0 aliphatic rings. The summed E-state index contributed by atoms with van der Waals surface area (Å²) >= 11 is 6.00. The largest absolute Gasteiger partial charge is 0.373 e. The van der Waals surface area contributed by atoms with E-state index in [1.165, 1.54) is 6.20 Å². The third-order valence-electron chi connectivity index (χ3n) is 2.74. The molecule has 1 aromatic heterocycles. The Kier molecular flexibility index (Phi) is 6.05. The number of pyridine rings is 1. The van der Waals surface area contributed by atoms with Crippen LogP contribution in [0.4, 0.5) is 5.82 Å². The zero-order valence-corrected chi connectivity index (χ0v) is 12.6. The zero-order valence-electron chi connectivity index (χ0n) is 11.8. The molecule has 19 heavy (non-hydrogen) atoms. The maximum atomic E-state index is 12.1. The van der Waals surface area contributed by atoms with Crippen LogP contribution in [0, 0.1) is 0 Å². The molecule has 0 aliphatic heterocycles. The van der Waals surface area contributed by atoms with Gasteiger partial charge in [0.25, 0.3) is 5.91 Å². The molecule has 0 fully saturated rings. The molecular weight excluding hydrogens is 264 g/mol. The van der Waals surface area contributed by atoms with Gasteiger partial charge in [-0.25, -0.2) is 4.98 Å². The van der Waals surface area contributed by atoms with E-state index in [0.29, 0.717) is 16.4 Å². The fourth-order valence-electron chi connectivity index (χ4n) is 1.57. The van der Waals surface area contributed by atoms with Crippen molar-refractivity contribution >= 4 is 23.3 Å². The summed E-state index contributed by atoms with van der Waals surface area (Å²) in [6.07, 6.45) is 2.37. The van der Waals surface area contributed by atoms with Crippen molar-refractivity contribution < 1.29 is 4.79 Å².